The summed E-state index contributed by atoms with van der Waals surface area (Å²) in [5.41, 5.74) is 1.29. The number of nitro benzene ring substituents is 1. The molecule has 0 heterocycles. The van der Waals surface area contributed by atoms with Crippen LogP contribution in [0.25, 0.3) is 0 Å². The van der Waals surface area contributed by atoms with E-state index in [0.717, 1.165) is 5.56 Å². The highest BCUT2D eigenvalue weighted by molar-refractivity contribution is 5.92. The van der Waals surface area contributed by atoms with Crippen LogP contribution in [0, 0.1) is 15.9 Å². The van der Waals surface area contributed by atoms with E-state index in [4.69, 9.17) is 0 Å². The van der Waals surface area contributed by atoms with Gasteiger partial charge in [-0.05, 0) is 30.8 Å². The van der Waals surface area contributed by atoms with Gasteiger partial charge in [0.2, 0.25) is 5.91 Å². The molecule has 2 aromatic rings. The molecule has 2 rings (SSSR count). The van der Waals surface area contributed by atoms with Crippen molar-refractivity contribution in [3.63, 3.8) is 0 Å². The number of carbonyl (C=O) groups is 1. The molecule has 7 heteroatoms. The van der Waals surface area contributed by atoms with E-state index in [0.29, 0.717) is 12.2 Å². The molecule has 0 atom stereocenters. The Balaban J connectivity index is 1.87. The van der Waals surface area contributed by atoms with Crippen molar-refractivity contribution in [1.82, 2.24) is 4.90 Å². The summed E-state index contributed by atoms with van der Waals surface area (Å²) in [4.78, 5) is 23.8. The van der Waals surface area contributed by atoms with Gasteiger partial charge in [-0.1, -0.05) is 18.2 Å². The minimum Gasteiger partial charge on any atom is -0.325 e. The van der Waals surface area contributed by atoms with Crippen LogP contribution in [0.4, 0.5) is 15.8 Å². The second kappa shape index (κ2) is 7.46. The number of carbonyl (C=O) groups excluding carboxylic acids is 1. The first-order valence-corrected chi connectivity index (χ1v) is 6.91. The molecule has 0 aromatic heterocycles. The van der Waals surface area contributed by atoms with Gasteiger partial charge in [0, 0.05) is 24.4 Å². The van der Waals surface area contributed by atoms with Gasteiger partial charge in [0.05, 0.1) is 11.5 Å². The number of amides is 1. The molecular formula is C16H16FN3O3. The van der Waals surface area contributed by atoms with Gasteiger partial charge in [0.25, 0.3) is 5.69 Å². The monoisotopic (exact) mass is 317 g/mol. The van der Waals surface area contributed by atoms with Crippen LogP contribution < -0.4 is 5.32 Å². The molecule has 2 aromatic carbocycles. The molecule has 120 valence electrons. The molecule has 0 saturated heterocycles. The number of hydrogen-bond donors (Lipinski definition) is 1. The molecule has 0 aliphatic heterocycles. The summed E-state index contributed by atoms with van der Waals surface area (Å²) in [5, 5.41) is 13.2. The first kappa shape index (κ1) is 16.6. The number of anilines is 1. The standard InChI is InChI=1S/C16H16FN3O3/c1-19(10-12-5-7-15(8-6-12)20(22)23)11-16(21)18-14-4-2-3-13(17)9-14/h2-9H,10-11H2,1H3,(H,18,21). The van der Waals surface area contributed by atoms with Crippen LogP contribution in [-0.4, -0.2) is 29.3 Å². The predicted molar refractivity (Wildman–Crippen MR) is 84.5 cm³/mol. The number of nitro groups is 1. The Morgan fingerprint density at radius 2 is 1.96 bits per heavy atom. The molecule has 0 aliphatic carbocycles. The SMILES string of the molecule is CN(CC(=O)Nc1cccc(F)c1)Cc1ccc([N+](=O)[O-])cc1. The van der Waals surface area contributed by atoms with E-state index < -0.39 is 10.7 Å². The van der Waals surface area contributed by atoms with Crippen molar-refractivity contribution >= 4 is 17.3 Å². The van der Waals surface area contributed by atoms with Gasteiger partial charge in [-0.3, -0.25) is 19.8 Å². The number of nitrogens with zero attached hydrogens (tertiary/aromatic N) is 2. The highest BCUT2D eigenvalue weighted by Crippen LogP contribution is 2.13. The van der Waals surface area contributed by atoms with Gasteiger partial charge in [-0.15, -0.1) is 0 Å². The van der Waals surface area contributed by atoms with E-state index in [9.17, 15) is 19.3 Å². The molecule has 0 unspecified atom stereocenters. The fourth-order valence-electron chi connectivity index (χ4n) is 2.10. The molecule has 0 fully saturated rings. The zero-order valence-electron chi connectivity index (χ0n) is 12.5. The number of likely N-dealkylation sites (N-methyl/N-ethyl adjacent to an activating group) is 1. The van der Waals surface area contributed by atoms with E-state index in [1.807, 2.05) is 0 Å². The Morgan fingerprint density at radius 1 is 1.26 bits per heavy atom. The summed E-state index contributed by atoms with van der Waals surface area (Å²) in [6, 6.07) is 11.8. The number of nitrogens with one attached hydrogen (secondary N) is 1. The predicted octanol–water partition coefficient (Wildman–Crippen LogP) is 2.80. The van der Waals surface area contributed by atoms with Gasteiger partial charge in [-0.2, -0.15) is 0 Å². The highest BCUT2D eigenvalue weighted by atomic mass is 19.1. The van der Waals surface area contributed by atoms with Gasteiger partial charge in [-0.25, -0.2) is 4.39 Å². The van der Waals surface area contributed by atoms with Crippen LogP contribution in [0.5, 0.6) is 0 Å². The first-order valence-electron chi connectivity index (χ1n) is 6.91. The Hall–Kier alpha value is -2.80. The van der Waals surface area contributed by atoms with E-state index >= 15 is 0 Å². The Labute approximate surface area is 132 Å². The van der Waals surface area contributed by atoms with Crippen molar-refractivity contribution in [3.05, 3.63) is 70.0 Å². The van der Waals surface area contributed by atoms with Crippen LogP contribution in [0.15, 0.2) is 48.5 Å². The van der Waals surface area contributed by atoms with Crippen LogP contribution in [0.2, 0.25) is 0 Å². The fourth-order valence-corrected chi connectivity index (χ4v) is 2.10. The average molecular weight is 317 g/mol. The lowest BCUT2D eigenvalue weighted by Gasteiger charge is -2.16. The number of halogens is 1. The van der Waals surface area contributed by atoms with Crippen LogP contribution >= 0.6 is 0 Å². The van der Waals surface area contributed by atoms with Crippen molar-refractivity contribution in [1.29, 1.82) is 0 Å². The number of non-ortho nitro benzene ring substituents is 1. The summed E-state index contributed by atoms with van der Waals surface area (Å²) >= 11 is 0. The van der Waals surface area contributed by atoms with E-state index in [1.54, 1.807) is 30.1 Å². The second-order valence-corrected chi connectivity index (χ2v) is 5.15. The number of rotatable bonds is 6. The third-order valence-electron chi connectivity index (χ3n) is 3.12. The summed E-state index contributed by atoms with van der Waals surface area (Å²) in [6.45, 7) is 0.585. The van der Waals surface area contributed by atoms with Crippen molar-refractivity contribution in [2.75, 3.05) is 18.9 Å². The fraction of sp³-hybridized carbons (Fsp3) is 0.188. The zero-order valence-corrected chi connectivity index (χ0v) is 12.5. The highest BCUT2D eigenvalue weighted by Gasteiger charge is 2.09. The Bertz CT molecular complexity index is 704. The lowest BCUT2D eigenvalue weighted by molar-refractivity contribution is -0.384. The van der Waals surface area contributed by atoms with Crippen molar-refractivity contribution in [3.8, 4) is 0 Å². The Morgan fingerprint density at radius 3 is 2.57 bits per heavy atom. The molecule has 1 amide bonds. The molecule has 0 spiro atoms. The normalized spacial score (nSPS) is 10.6. The molecule has 6 nitrogen and oxygen atoms in total. The molecular weight excluding hydrogens is 301 g/mol. The molecule has 0 bridgehead atoms. The molecule has 1 N–H and O–H groups in total. The quantitative estimate of drug-likeness (QED) is 0.656. The average Bonchev–Trinajstić information content (AvgIpc) is 2.47. The van der Waals surface area contributed by atoms with E-state index in [2.05, 4.69) is 5.32 Å². The summed E-state index contributed by atoms with van der Waals surface area (Å²) < 4.78 is 13.0. The summed E-state index contributed by atoms with van der Waals surface area (Å²) in [7, 11) is 1.76. The number of benzene rings is 2. The lowest BCUT2D eigenvalue weighted by atomic mass is 10.2. The largest absolute Gasteiger partial charge is 0.325 e. The third-order valence-corrected chi connectivity index (χ3v) is 3.12. The number of hydrogen-bond acceptors (Lipinski definition) is 4. The molecule has 0 saturated carbocycles. The zero-order chi connectivity index (χ0) is 16.8. The minimum absolute atomic E-state index is 0.0280. The lowest BCUT2D eigenvalue weighted by Crippen LogP contribution is -2.29. The smallest absolute Gasteiger partial charge is 0.269 e. The summed E-state index contributed by atoms with van der Waals surface area (Å²) in [6.07, 6.45) is 0. The van der Waals surface area contributed by atoms with Gasteiger partial charge >= 0.3 is 0 Å². The van der Waals surface area contributed by atoms with Gasteiger partial charge < -0.3 is 5.32 Å². The van der Waals surface area contributed by atoms with Gasteiger partial charge in [0.15, 0.2) is 0 Å². The van der Waals surface area contributed by atoms with Crippen LogP contribution in [0.1, 0.15) is 5.56 Å². The van der Waals surface area contributed by atoms with Gasteiger partial charge in [0.1, 0.15) is 5.82 Å². The maximum absolute atomic E-state index is 13.0. The molecule has 0 aliphatic rings. The minimum atomic E-state index is -0.458. The third kappa shape index (κ3) is 5.15. The maximum atomic E-state index is 13.0. The van der Waals surface area contributed by atoms with E-state index in [-0.39, 0.29) is 18.1 Å². The summed E-state index contributed by atoms with van der Waals surface area (Å²) in [5.74, 6) is -0.679. The van der Waals surface area contributed by atoms with Crippen molar-refractivity contribution in [2.45, 2.75) is 6.54 Å². The van der Waals surface area contributed by atoms with Crippen LogP contribution in [-0.2, 0) is 11.3 Å². The second-order valence-electron chi connectivity index (χ2n) is 5.15. The Kier molecular flexibility index (Phi) is 5.37. The molecule has 0 radical (unpaired) electrons. The first-order chi connectivity index (χ1) is 10.9. The maximum Gasteiger partial charge on any atom is 0.269 e. The van der Waals surface area contributed by atoms with E-state index in [1.165, 1.54) is 30.3 Å². The molecule has 23 heavy (non-hydrogen) atoms. The van der Waals surface area contributed by atoms with Crippen molar-refractivity contribution in [2.24, 2.45) is 0 Å². The topological polar surface area (TPSA) is 75.5 Å². The van der Waals surface area contributed by atoms with Crippen molar-refractivity contribution < 1.29 is 14.1 Å². The van der Waals surface area contributed by atoms with Crippen LogP contribution in [0.3, 0.4) is 0 Å².